The van der Waals surface area contributed by atoms with Crippen LogP contribution in [0.1, 0.15) is 57.0 Å². The molecule has 4 fully saturated rings. The van der Waals surface area contributed by atoms with Crippen LogP contribution in [0.25, 0.3) is 22.3 Å². The fourth-order valence-electron chi connectivity index (χ4n) is 6.43. The number of fused-ring (bicyclic) bond motifs is 3. The minimum absolute atomic E-state index is 0. The maximum Gasteiger partial charge on any atom is 0 e. The summed E-state index contributed by atoms with van der Waals surface area (Å²) in [5, 5.41) is 30.0. The van der Waals surface area contributed by atoms with Crippen LogP contribution in [0.15, 0.2) is 12.7 Å². The Balaban J connectivity index is 0.000000238. The van der Waals surface area contributed by atoms with Gasteiger partial charge in [-0.3, -0.25) is 4.52 Å². The molecule has 4 aromatic heterocycles. The molecule has 8 atom stereocenters. The van der Waals surface area contributed by atoms with E-state index in [-0.39, 0.29) is 108 Å². The van der Waals surface area contributed by atoms with Gasteiger partial charge in [-0.15, -0.1) is 0 Å². The molecule has 8 heterocycles. The van der Waals surface area contributed by atoms with Gasteiger partial charge in [-0.05, 0) is 45.9 Å². The number of hydrogen-bond acceptors (Lipinski definition) is 17. The fraction of sp³-hybridized carbons (Fsp3) is 0.581. The van der Waals surface area contributed by atoms with Crippen molar-refractivity contribution in [1.82, 2.24) is 44.1 Å². The second-order valence-electron chi connectivity index (χ2n) is 12.9. The predicted molar refractivity (Wildman–Crippen MR) is 226 cm³/mol. The number of imidazole rings is 2. The Morgan fingerprint density at radius 1 is 1.00 bits per heavy atom. The summed E-state index contributed by atoms with van der Waals surface area (Å²) in [6, 6.07) is 2.08. The van der Waals surface area contributed by atoms with Crippen molar-refractivity contribution >= 4 is 102 Å². The van der Waals surface area contributed by atoms with Gasteiger partial charge < -0.3 is 49.5 Å². The first-order valence-electron chi connectivity index (χ1n) is 17.2. The van der Waals surface area contributed by atoms with E-state index < -0.39 is 38.5 Å². The Kier molecular flexibility index (Phi) is 22.5. The average Bonchev–Trinajstić information content (AvgIpc) is 3.99. The first-order valence-corrected chi connectivity index (χ1v) is 32.2. The summed E-state index contributed by atoms with van der Waals surface area (Å²) in [4.78, 5) is 25.0. The van der Waals surface area contributed by atoms with Crippen molar-refractivity contribution < 1.29 is 108 Å². The Bertz CT molecular complexity index is 2050. The SMILES string of the molecule is CNP1(=O)OC[C@H]2O[C@@H](n3cnc4c(C)nc(N)nc43)[C-](C)[C@@H]2O1.Cc1nc(N)nc2c1ncn2[C@@H]1O[C@H](CO)[C@@H](O)[C-]1C.N#CCC1CCCO1.[I][V]([I])[I].[Y].[Y]. The van der Waals surface area contributed by atoms with Gasteiger partial charge in [0.1, 0.15) is 11.0 Å². The topological polar surface area (TPSA) is 279 Å². The molecular formula is C31H43I3N12O8PVY2-2. The van der Waals surface area contributed by atoms with Crippen LogP contribution in [0.5, 0.6) is 0 Å². The smallest absolute Gasteiger partial charge is 0 e. The van der Waals surface area contributed by atoms with Crippen LogP contribution in [0.2, 0.25) is 0 Å². The van der Waals surface area contributed by atoms with E-state index in [0.717, 1.165) is 25.4 Å². The molecule has 0 saturated carbocycles. The van der Waals surface area contributed by atoms with Crippen molar-refractivity contribution in [2.75, 3.05) is 38.3 Å². The van der Waals surface area contributed by atoms with E-state index in [9.17, 15) is 14.8 Å². The van der Waals surface area contributed by atoms with Gasteiger partial charge in [0.15, 0.2) is 11.3 Å². The minimum atomic E-state index is -3.29. The summed E-state index contributed by atoms with van der Waals surface area (Å²) in [6.45, 7) is 8.07. The number of aliphatic hydroxyl groups is 2. The molecule has 0 spiro atoms. The van der Waals surface area contributed by atoms with Crippen molar-refractivity contribution in [3.8, 4) is 6.07 Å². The number of anilines is 2. The molecule has 0 aromatic carbocycles. The van der Waals surface area contributed by atoms with Gasteiger partial charge in [-0.1, -0.05) is 0 Å². The van der Waals surface area contributed by atoms with Crippen LogP contribution in [0.4, 0.5) is 11.9 Å². The summed E-state index contributed by atoms with van der Waals surface area (Å²) in [5.41, 5.74) is 15.2. The third kappa shape index (κ3) is 13.1. The zero-order valence-electron chi connectivity index (χ0n) is 32.1. The van der Waals surface area contributed by atoms with E-state index in [0.29, 0.717) is 46.1 Å². The number of halogens is 3. The van der Waals surface area contributed by atoms with E-state index in [4.69, 9.17) is 40.0 Å². The molecule has 7 N–H and O–H groups in total. The molecule has 2 unspecified atom stereocenters. The Hall–Kier alpha value is 1.08. The second-order valence-corrected chi connectivity index (χ2v) is 50.2. The van der Waals surface area contributed by atoms with Crippen molar-refractivity contribution in [2.24, 2.45) is 0 Å². The van der Waals surface area contributed by atoms with Gasteiger partial charge in [-0.2, -0.15) is 29.1 Å². The zero-order valence-corrected chi connectivity index (χ0v) is 46.6. The number of aromatic nitrogens is 8. The number of nitrogens with one attached hydrogen (secondary N) is 1. The number of nitrogen functional groups attached to an aromatic ring is 2. The number of nitrogens with two attached hydrogens (primary N) is 2. The number of hydrogen-bond donors (Lipinski definition) is 5. The Morgan fingerprint density at radius 3 is 1.98 bits per heavy atom. The number of nitrogens with zero attached hydrogens (tertiary/aromatic N) is 9. The van der Waals surface area contributed by atoms with Crippen molar-refractivity contribution in [2.45, 2.75) is 89.9 Å². The van der Waals surface area contributed by atoms with Crippen LogP contribution >= 0.6 is 67.7 Å². The van der Waals surface area contributed by atoms with Gasteiger partial charge in [-0.25, -0.2) is 41.4 Å². The maximum atomic E-state index is 12.3. The van der Waals surface area contributed by atoms with E-state index in [2.05, 4.69) is 101 Å². The Morgan fingerprint density at radius 2 is 1.53 bits per heavy atom. The minimum Gasteiger partial charge on any atom is 0 e. The summed E-state index contributed by atoms with van der Waals surface area (Å²) in [7, 11) is -1.75. The van der Waals surface area contributed by atoms with E-state index in [1.54, 1.807) is 35.6 Å². The molecule has 58 heavy (non-hydrogen) atoms. The summed E-state index contributed by atoms with van der Waals surface area (Å²) >= 11 is 7.39. The normalized spacial score (nSPS) is 27.9. The van der Waals surface area contributed by atoms with Gasteiger partial charge in [0.2, 0.25) is 11.9 Å². The average molecular weight is 1350 g/mol. The number of ether oxygens (including phenoxy) is 3. The van der Waals surface area contributed by atoms with Gasteiger partial charge in [0.25, 0.3) is 0 Å². The third-order valence-electron chi connectivity index (χ3n) is 9.18. The largest absolute Gasteiger partial charge is 0 e. The van der Waals surface area contributed by atoms with Gasteiger partial charge >= 0.3 is 72.6 Å². The second kappa shape index (κ2) is 24.4. The van der Waals surface area contributed by atoms with Crippen LogP contribution in [-0.4, -0.2) is 107 Å². The van der Waals surface area contributed by atoms with Crippen LogP contribution in [0.3, 0.4) is 0 Å². The van der Waals surface area contributed by atoms with Gasteiger partial charge in [0.05, 0.1) is 68.1 Å². The molecule has 0 amide bonds. The standard InChI is InChI=1S/C13H18N6O4P.C12H16N5O3.C6H9NO.3HI.V.2Y/c1-6-10-8(4-21-24(20,15-3)23-10)22-12(6)19-5-16-9-7(2)17-13(14)18-11(9)19;1-5-9(19)7(3-18)20-11(5)17-4-14-8-6(2)15-12(13)16-10(8)17;7-4-3-6-2-1-5-8-6;;;;;;/h5,8,10,12H,4H2,1-3H3,(H,15,20)(H2,14,17,18);4,7,9,11,18-19H,3H2,1-2H3,(H2,13,15,16);6H,1-3,5H2;3*1H;;;/q2*-1;;;;;+3;;/p-3/t8-,10+,12-,24?;7-,9+,11-;;;;;;;/m11......./s1. The van der Waals surface area contributed by atoms with E-state index in [1.165, 1.54) is 7.05 Å². The molecule has 4 aromatic rings. The molecule has 314 valence electrons. The molecule has 0 bridgehead atoms. The molecule has 2 radical (unpaired) electrons. The van der Waals surface area contributed by atoms with Crippen molar-refractivity contribution in [1.29, 1.82) is 5.26 Å². The molecule has 4 aliphatic rings. The molecule has 0 aliphatic carbocycles. The predicted octanol–water partition coefficient (Wildman–Crippen LogP) is 4.24. The molecule has 20 nitrogen and oxygen atoms in total. The quantitative estimate of drug-likeness (QED) is 0.106. The van der Waals surface area contributed by atoms with E-state index >= 15 is 0 Å². The summed E-state index contributed by atoms with van der Waals surface area (Å²) in [6.07, 6.45) is 3.03. The molecule has 4 saturated heterocycles. The first kappa shape index (κ1) is 53.4. The Labute approximate surface area is 424 Å². The maximum absolute atomic E-state index is 12.3. The zero-order chi connectivity index (χ0) is 40.9. The fourth-order valence-corrected chi connectivity index (χ4v) is 7.67. The summed E-state index contributed by atoms with van der Waals surface area (Å²) in [5.74, 6) is 1.90. The molecule has 27 heteroatoms. The molecule has 8 rings (SSSR count). The van der Waals surface area contributed by atoms with Crippen molar-refractivity contribution in [3.63, 3.8) is 0 Å². The third-order valence-corrected chi connectivity index (χ3v) is 10.7. The number of rotatable bonds is 5. The van der Waals surface area contributed by atoms with Crippen LogP contribution in [0, 0.1) is 37.0 Å². The molecular weight excluding hydrogens is 1310 g/mol. The number of aliphatic hydroxyl groups excluding tert-OH is 2. The van der Waals surface area contributed by atoms with Crippen LogP contribution < -0.4 is 16.6 Å². The monoisotopic (exact) mass is 1350 g/mol. The van der Waals surface area contributed by atoms with Crippen molar-refractivity contribution in [3.05, 3.63) is 35.9 Å². The van der Waals surface area contributed by atoms with Crippen LogP contribution in [-0.2, 0) is 98.2 Å². The first-order chi connectivity index (χ1) is 26.6. The summed E-state index contributed by atoms with van der Waals surface area (Å²) < 4.78 is 43.5. The number of nitriles is 1. The number of aryl methyl sites for hydroxylation is 2. The molecule has 4 aliphatic heterocycles. The van der Waals surface area contributed by atoms with Gasteiger partial charge in [0, 0.05) is 84.5 Å². The van der Waals surface area contributed by atoms with E-state index in [1.807, 2.05) is 13.8 Å².